The van der Waals surface area contributed by atoms with E-state index in [9.17, 15) is 9.50 Å². The average molecular weight is 275 g/mol. The Kier molecular flexibility index (Phi) is 5.50. The molecule has 0 saturated heterocycles. The van der Waals surface area contributed by atoms with E-state index < -0.39 is 12.1 Å². The minimum absolute atomic E-state index is 0.0678. The summed E-state index contributed by atoms with van der Waals surface area (Å²) in [5.74, 6) is -0.569. The van der Waals surface area contributed by atoms with E-state index in [4.69, 9.17) is 11.6 Å². The van der Waals surface area contributed by atoms with Crippen LogP contribution in [-0.2, 0) is 6.54 Å². The Morgan fingerprint density at radius 1 is 1.50 bits per heavy atom. The molecule has 0 saturated carbocycles. The van der Waals surface area contributed by atoms with Crippen molar-refractivity contribution >= 4 is 11.6 Å². The number of pyridine rings is 1. The molecule has 0 spiro atoms. The summed E-state index contributed by atoms with van der Waals surface area (Å²) >= 11 is 5.87. The standard InChI is InChI=1S/C13H20ClFN2O/c1-13(2,3)6-9(18)7-16-8-10-11(14)4-5-17-12(10)15/h4-5,9,16,18H,6-8H2,1-3H3. The smallest absolute Gasteiger partial charge is 0.218 e. The van der Waals surface area contributed by atoms with E-state index in [1.54, 1.807) is 6.07 Å². The minimum Gasteiger partial charge on any atom is -0.392 e. The van der Waals surface area contributed by atoms with Gasteiger partial charge >= 0.3 is 0 Å². The summed E-state index contributed by atoms with van der Waals surface area (Å²) in [6, 6.07) is 1.55. The predicted octanol–water partition coefficient (Wildman–Crippen LogP) is 2.76. The van der Waals surface area contributed by atoms with Gasteiger partial charge in [-0.2, -0.15) is 4.39 Å². The van der Waals surface area contributed by atoms with Gasteiger partial charge in [0, 0.05) is 24.8 Å². The third kappa shape index (κ3) is 5.29. The van der Waals surface area contributed by atoms with Crippen LogP contribution < -0.4 is 5.32 Å². The Morgan fingerprint density at radius 3 is 2.72 bits per heavy atom. The molecule has 0 aliphatic heterocycles. The lowest BCUT2D eigenvalue weighted by molar-refractivity contribution is 0.119. The lowest BCUT2D eigenvalue weighted by Gasteiger charge is -2.22. The maximum Gasteiger partial charge on any atom is 0.218 e. The van der Waals surface area contributed by atoms with Crippen LogP contribution in [0, 0.1) is 11.4 Å². The van der Waals surface area contributed by atoms with Crippen molar-refractivity contribution in [3.63, 3.8) is 0 Å². The van der Waals surface area contributed by atoms with Crippen molar-refractivity contribution in [3.8, 4) is 0 Å². The Morgan fingerprint density at radius 2 is 2.17 bits per heavy atom. The number of rotatable bonds is 5. The molecular weight excluding hydrogens is 255 g/mol. The van der Waals surface area contributed by atoms with Gasteiger partial charge < -0.3 is 10.4 Å². The fourth-order valence-electron chi connectivity index (χ4n) is 1.75. The first-order chi connectivity index (χ1) is 8.29. The molecule has 18 heavy (non-hydrogen) atoms. The van der Waals surface area contributed by atoms with E-state index in [1.165, 1.54) is 6.20 Å². The van der Waals surface area contributed by atoms with Gasteiger partial charge in [-0.3, -0.25) is 0 Å². The van der Waals surface area contributed by atoms with Crippen LogP contribution in [0.5, 0.6) is 0 Å². The Balaban J connectivity index is 2.42. The van der Waals surface area contributed by atoms with Crippen molar-refractivity contribution in [2.45, 2.75) is 39.8 Å². The number of hydrogen-bond donors (Lipinski definition) is 2. The van der Waals surface area contributed by atoms with Crippen LogP contribution in [0.4, 0.5) is 4.39 Å². The van der Waals surface area contributed by atoms with E-state index >= 15 is 0 Å². The number of hydrogen-bond acceptors (Lipinski definition) is 3. The van der Waals surface area contributed by atoms with E-state index in [1.807, 2.05) is 0 Å². The molecule has 1 aromatic heterocycles. The molecule has 0 aliphatic carbocycles. The fourth-order valence-corrected chi connectivity index (χ4v) is 1.95. The molecule has 102 valence electrons. The van der Waals surface area contributed by atoms with Gasteiger partial charge in [0.1, 0.15) is 0 Å². The lowest BCUT2D eigenvalue weighted by Crippen LogP contribution is -2.30. The van der Waals surface area contributed by atoms with Crippen molar-refractivity contribution in [2.24, 2.45) is 5.41 Å². The van der Waals surface area contributed by atoms with Gasteiger partial charge in [-0.25, -0.2) is 4.98 Å². The number of aromatic nitrogens is 1. The number of halogens is 2. The van der Waals surface area contributed by atoms with Gasteiger partial charge in [-0.15, -0.1) is 0 Å². The van der Waals surface area contributed by atoms with E-state index in [-0.39, 0.29) is 12.0 Å². The summed E-state index contributed by atoms with van der Waals surface area (Å²) in [7, 11) is 0. The van der Waals surface area contributed by atoms with Gasteiger partial charge in [-0.05, 0) is 17.9 Å². The van der Waals surface area contributed by atoms with E-state index in [0.29, 0.717) is 23.6 Å². The van der Waals surface area contributed by atoms with Crippen molar-refractivity contribution in [3.05, 3.63) is 28.8 Å². The van der Waals surface area contributed by atoms with Gasteiger partial charge in [0.2, 0.25) is 5.95 Å². The molecule has 0 aromatic carbocycles. The largest absolute Gasteiger partial charge is 0.392 e. The molecule has 1 rings (SSSR count). The highest BCUT2D eigenvalue weighted by Gasteiger charge is 2.16. The lowest BCUT2D eigenvalue weighted by atomic mass is 9.89. The monoisotopic (exact) mass is 274 g/mol. The summed E-state index contributed by atoms with van der Waals surface area (Å²) in [4.78, 5) is 3.54. The minimum atomic E-state index is -0.569. The van der Waals surface area contributed by atoms with Crippen LogP contribution in [0.3, 0.4) is 0 Å². The molecule has 1 aromatic rings. The zero-order valence-corrected chi connectivity index (χ0v) is 11.8. The molecule has 0 amide bonds. The fraction of sp³-hybridized carbons (Fsp3) is 0.615. The van der Waals surface area contributed by atoms with E-state index in [2.05, 4.69) is 31.1 Å². The molecule has 0 bridgehead atoms. The molecule has 0 fully saturated rings. The van der Waals surface area contributed by atoms with Gasteiger partial charge in [0.05, 0.1) is 11.1 Å². The third-order valence-electron chi connectivity index (χ3n) is 2.48. The van der Waals surface area contributed by atoms with Gasteiger partial charge in [0.25, 0.3) is 0 Å². The van der Waals surface area contributed by atoms with Crippen LogP contribution in [0.1, 0.15) is 32.8 Å². The highest BCUT2D eigenvalue weighted by molar-refractivity contribution is 6.31. The second-order valence-corrected chi connectivity index (χ2v) is 6.02. The van der Waals surface area contributed by atoms with Crippen molar-refractivity contribution in [1.82, 2.24) is 10.3 Å². The quantitative estimate of drug-likeness (QED) is 0.812. The first-order valence-electron chi connectivity index (χ1n) is 5.97. The highest BCUT2D eigenvalue weighted by atomic mass is 35.5. The second kappa shape index (κ2) is 6.45. The van der Waals surface area contributed by atoms with Gasteiger partial charge in [-0.1, -0.05) is 32.4 Å². The normalized spacial score (nSPS) is 13.7. The molecule has 1 atom stereocenters. The maximum atomic E-state index is 13.3. The summed E-state index contributed by atoms with van der Waals surface area (Å²) in [5, 5.41) is 13.1. The van der Waals surface area contributed by atoms with Crippen molar-refractivity contribution < 1.29 is 9.50 Å². The van der Waals surface area contributed by atoms with Crippen LogP contribution in [-0.4, -0.2) is 22.7 Å². The Labute approximate surface area is 112 Å². The summed E-state index contributed by atoms with van der Waals surface area (Å²) < 4.78 is 13.3. The number of aliphatic hydroxyl groups excluding tert-OH is 1. The van der Waals surface area contributed by atoms with Crippen molar-refractivity contribution in [2.75, 3.05) is 6.54 Å². The summed E-state index contributed by atoms with van der Waals surface area (Å²) in [6.45, 7) is 6.86. The summed E-state index contributed by atoms with van der Waals surface area (Å²) in [6.07, 6.45) is 1.56. The van der Waals surface area contributed by atoms with Crippen molar-refractivity contribution in [1.29, 1.82) is 0 Å². The highest BCUT2D eigenvalue weighted by Crippen LogP contribution is 2.20. The van der Waals surface area contributed by atoms with Gasteiger partial charge in [0.15, 0.2) is 0 Å². The molecule has 5 heteroatoms. The topological polar surface area (TPSA) is 45.1 Å². The molecule has 2 N–H and O–H groups in total. The number of nitrogens with zero attached hydrogens (tertiary/aromatic N) is 1. The average Bonchev–Trinajstić information content (AvgIpc) is 2.19. The van der Waals surface area contributed by atoms with Crippen LogP contribution in [0.2, 0.25) is 5.02 Å². The molecule has 0 aliphatic rings. The zero-order valence-electron chi connectivity index (χ0n) is 11.0. The predicted molar refractivity (Wildman–Crippen MR) is 71.0 cm³/mol. The first kappa shape index (κ1) is 15.3. The molecular formula is C13H20ClFN2O. The molecule has 1 heterocycles. The Bertz CT molecular complexity index is 373. The van der Waals surface area contributed by atoms with Crippen LogP contribution in [0.15, 0.2) is 12.3 Å². The SMILES string of the molecule is CC(C)(C)CC(O)CNCc1c(Cl)ccnc1F. The van der Waals surface area contributed by atoms with Crippen LogP contribution >= 0.6 is 11.6 Å². The summed E-state index contributed by atoms with van der Waals surface area (Å²) in [5.41, 5.74) is 0.403. The molecule has 1 unspecified atom stereocenters. The molecule has 0 radical (unpaired) electrons. The zero-order chi connectivity index (χ0) is 13.8. The second-order valence-electron chi connectivity index (χ2n) is 5.61. The van der Waals surface area contributed by atoms with Crippen LogP contribution in [0.25, 0.3) is 0 Å². The van der Waals surface area contributed by atoms with E-state index in [0.717, 1.165) is 0 Å². The Hall–Kier alpha value is -0.710. The number of aliphatic hydroxyl groups is 1. The first-order valence-corrected chi connectivity index (χ1v) is 6.35. The number of nitrogens with one attached hydrogen (secondary N) is 1. The third-order valence-corrected chi connectivity index (χ3v) is 2.83. The maximum absolute atomic E-state index is 13.3. The molecule has 3 nitrogen and oxygen atoms in total.